The van der Waals surface area contributed by atoms with E-state index in [2.05, 4.69) is 15.1 Å². The van der Waals surface area contributed by atoms with Crippen LogP contribution in [0.4, 0.5) is 10.2 Å². The predicted molar refractivity (Wildman–Crippen MR) is 105 cm³/mol. The quantitative estimate of drug-likeness (QED) is 0.815. The zero-order chi connectivity index (χ0) is 20.3. The van der Waals surface area contributed by atoms with Crippen LogP contribution in [0.15, 0.2) is 31.0 Å². The number of pyridine rings is 1. The summed E-state index contributed by atoms with van der Waals surface area (Å²) in [7, 11) is 0. The van der Waals surface area contributed by atoms with Gasteiger partial charge in [-0.3, -0.25) is 9.48 Å². The number of likely N-dealkylation sites (tertiary alicyclic amines) is 1. The number of halogens is 1. The molecule has 4 rings (SSSR count). The summed E-state index contributed by atoms with van der Waals surface area (Å²) in [5.41, 5.74) is -0.112. The Morgan fingerprint density at radius 3 is 2.90 bits per heavy atom. The number of piperidine rings is 2. The van der Waals surface area contributed by atoms with Crippen molar-refractivity contribution in [1.82, 2.24) is 24.6 Å². The molecule has 2 saturated heterocycles. The van der Waals surface area contributed by atoms with Crippen molar-refractivity contribution in [1.29, 1.82) is 0 Å². The topological polar surface area (TPSA) is 87.4 Å². The second-order valence-electron chi connectivity index (χ2n) is 8.19. The minimum atomic E-state index is -0.518. The molecule has 2 aromatic rings. The van der Waals surface area contributed by atoms with E-state index >= 15 is 0 Å². The molecule has 29 heavy (non-hydrogen) atoms. The molecule has 0 aliphatic carbocycles. The summed E-state index contributed by atoms with van der Waals surface area (Å²) in [6.45, 7) is 3.08. The number of aliphatic hydroxyl groups excluding tert-OH is 1. The number of rotatable bonds is 5. The second-order valence-corrected chi connectivity index (χ2v) is 8.19. The highest BCUT2D eigenvalue weighted by atomic mass is 19.1. The lowest BCUT2D eigenvalue weighted by Crippen LogP contribution is -2.55. The summed E-state index contributed by atoms with van der Waals surface area (Å²) in [6.07, 6.45) is 7.72. The molecule has 0 saturated carbocycles. The minimum Gasteiger partial charge on any atom is -0.391 e. The maximum atomic E-state index is 14.2. The molecule has 0 bridgehead atoms. The molecule has 1 N–H and O–H groups in total. The van der Waals surface area contributed by atoms with E-state index in [4.69, 9.17) is 0 Å². The number of aliphatic hydroxyl groups is 1. The average molecular weight is 402 g/mol. The maximum Gasteiger partial charge on any atom is 0.222 e. The van der Waals surface area contributed by atoms with Gasteiger partial charge in [0.25, 0.3) is 0 Å². The third kappa shape index (κ3) is 4.55. The Morgan fingerprint density at radius 1 is 1.34 bits per heavy atom. The first-order valence-corrected chi connectivity index (χ1v) is 10.2. The van der Waals surface area contributed by atoms with Gasteiger partial charge in [0.2, 0.25) is 5.91 Å². The SMILES string of the molecule is O=C(CCCn1cncn1)N1CCC2(CC1)CC(O)CN(c1ncccc1F)C2. The molecule has 4 heterocycles. The van der Waals surface area contributed by atoms with Gasteiger partial charge >= 0.3 is 0 Å². The van der Waals surface area contributed by atoms with Crippen molar-refractivity contribution in [2.75, 3.05) is 31.1 Å². The number of amides is 1. The van der Waals surface area contributed by atoms with Gasteiger partial charge in [0.05, 0.1) is 6.10 Å². The molecular weight excluding hydrogens is 375 g/mol. The third-order valence-electron chi connectivity index (χ3n) is 6.09. The van der Waals surface area contributed by atoms with E-state index in [-0.39, 0.29) is 17.1 Å². The normalized spacial score (nSPS) is 21.5. The summed E-state index contributed by atoms with van der Waals surface area (Å²) in [6, 6.07) is 2.97. The van der Waals surface area contributed by atoms with Crippen LogP contribution < -0.4 is 4.90 Å². The molecule has 0 radical (unpaired) electrons. The highest BCUT2D eigenvalue weighted by Gasteiger charge is 2.43. The van der Waals surface area contributed by atoms with E-state index in [9.17, 15) is 14.3 Å². The summed E-state index contributed by atoms with van der Waals surface area (Å²) in [4.78, 5) is 24.4. The van der Waals surface area contributed by atoms with Gasteiger partial charge in [-0.25, -0.2) is 14.4 Å². The van der Waals surface area contributed by atoms with E-state index in [0.29, 0.717) is 51.4 Å². The largest absolute Gasteiger partial charge is 0.391 e. The first-order valence-electron chi connectivity index (χ1n) is 10.2. The molecular formula is C20H27FN6O2. The summed E-state index contributed by atoms with van der Waals surface area (Å²) >= 11 is 0. The smallest absolute Gasteiger partial charge is 0.222 e. The van der Waals surface area contributed by atoms with Crippen LogP contribution in [0.3, 0.4) is 0 Å². The number of carbonyl (C=O) groups excluding carboxylic acids is 1. The number of hydrogen-bond donors (Lipinski definition) is 1. The van der Waals surface area contributed by atoms with Crippen molar-refractivity contribution in [2.24, 2.45) is 5.41 Å². The average Bonchev–Trinajstić information content (AvgIpc) is 3.22. The van der Waals surface area contributed by atoms with Gasteiger partial charge in [0, 0.05) is 45.3 Å². The summed E-state index contributed by atoms with van der Waals surface area (Å²) < 4.78 is 15.9. The number of nitrogens with zero attached hydrogens (tertiary/aromatic N) is 6. The molecule has 1 amide bonds. The van der Waals surface area contributed by atoms with E-state index in [1.54, 1.807) is 23.3 Å². The van der Waals surface area contributed by atoms with Crippen molar-refractivity contribution in [3.63, 3.8) is 0 Å². The lowest BCUT2D eigenvalue weighted by atomic mass is 9.71. The minimum absolute atomic E-state index is 0.112. The summed E-state index contributed by atoms with van der Waals surface area (Å²) in [5.74, 6) is 0.0953. The van der Waals surface area contributed by atoms with Crippen molar-refractivity contribution >= 4 is 11.7 Å². The zero-order valence-electron chi connectivity index (χ0n) is 16.5. The Hall–Kier alpha value is -2.55. The molecule has 2 aromatic heterocycles. The van der Waals surface area contributed by atoms with Crippen molar-refractivity contribution < 1.29 is 14.3 Å². The Kier molecular flexibility index (Phi) is 5.75. The highest BCUT2D eigenvalue weighted by molar-refractivity contribution is 5.76. The Balaban J connectivity index is 1.32. The van der Waals surface area contributed by atoms with Crippen molar-refractivity contribution in [3.05, 3.63) is 36.8 Å². The van der Waals surface area contributed by atoms with Crippen LogP contribution in [0.25, 0.3) is 0 Å². The summed E-state index contributed by atoms with van der Waals surface area (Å²) in [5, 5.41) is 14.5. The van der Waals surface area contributed by atoms with E-state index in [0.717, 1.165) is 19.3 Å². The second kappa shape index (κ2) is 8.44. The predicted octanol–water partition coefficient (Wildman–Crippen LogP) is 1.47. The Morgan fingerprint density at radius 2 is 2.17 bits per heavy atom. The van der Waals surface area contributed by atoms with Crippen LogP contribution in [-0.2, 0) is 11.3 Å². The maximum absolute atomic E-state index is 14.2. The van der Waals surface area contributed by atoms with Crippen molar-refractivity contribution in [2.45, 2.75) is 44.8 Å². The van der Waals surface area contributed by atoms with Crippen LogP contribution in [0, 0.1) is 11.2 Å². The Bertz CT molecular complexity index is 822. The first-order chi connectivity index (χ1) is 14.0. The van der Waals surface area contributed by atoms with Gasteiger partial charge in [0.15, 0.2) is 11.6 Å². The fourth-order valence-electron chi connectivity index (χ4n) is 4.62. The molecule has 1 atom stereocenters. The molecule has 1 spiro atoms. The number of carbonyl (C=O) groups is 1. The molecule has 156 valence electrons. The highest BCUT2D eigenvalue weighted by Crippen LogP contribution is 2.41. The molecule has 2 fully saturated rings. The molecule has 2 aliphatic rings. The molecule has 9 heteroatoms. The van der Waals surface area contributed by atoms with E-state index < -0.39 is 6.10 Å². The van der Waals surface area contributed by atoms with Crippen LogP contribution in [-0.4, -0.2) is 67.9 Å². The van der Waals surface area contributed by atoms with Crippen LogP contribution >= 0.6 is 0 Å². The molecule has 2 aliphatic heterocycles. The van der Waals surface area contributed by atoms with Crippen LogP contribution in [0.5, 0.6) is 0 Å². The van der Waals surface area contributed by atoms with Gasteiger partial charge in [-0.2, -0.15) is 5.10 Å². The van der Waals surface area contributed by atoms with Gasteiger partial charge in [-0.05, 0) is 43.2 Å². The van der Waals surface area contributed by atoms with Crippen molar-refractivity contribution in [3.8, 4) is 0 Å². The fraction of sp³-hybridized carbons (Fsp3) is 0.600. The monoisotopic (exact) mass is 402 g/mol. The molecule has 8 nitrogen and oxygen atoms in total. The Labute approximate surface area is 169 Å². The first kappa shape index (κ1) is 19.8. The number of hydrogen-bond acceptors (Lipinski definition) is 6. The van der Waals surface area contributed by atoms with Crippen LogP contribution in [0.1, 0.15) is 32.1 Å². The van der Waals surface area contributed by atoms with Gasteiger partial charge < -0.3 is 14.9 Å². The van der Waals surface area contributed by atoms with Gasteiger partial charge in [0.1, 0.15) is 12.7 Å². The van der Waals surface area contributed by atoms with Gasteiger partial charge in [-0.1, -0.05) is 0 Å². The van der Waals surface area contributed by atoms with E-state index in [1.165, 1.54) is 12.4 Å². The molecule has 1 unspecified atom stereocenters. The van der Waals surface area contributed by atoms with Gasteiger partial charge in [-0.15, -0.1) is 0 Å². The lowest BCUT2D eigenvalue weighted by Gasteiger charge is -2.49. The lowest BCUT2D eigenvalue weighted by molar-refractivity contribution is -0.134. The number of β-amino-alcohol motifs (C(OH)–C–C–N with tert-alkyl or cyclic N) is 1. The fourth-order valence-corrected chi connectivity index (χ4v) is 4.62. The van der Waals surface area contributed by atoms with E-state index in [1.807, 2.05) is 9.80 Å². The van der Waals surface area contributed by atoms with Crippen LogP contribution in [0.2, 0.25) is 0 Å². The molecule has 0 aromatic carbocycles. The standard InChI is InChI=1S/C20H27FN6O2/c21-17-3-1-7-23-19(17)26-12-16(28)11-20(13-26)5-9-25(10-6-20)18(29)4-2-8-27-15-22-14-24-27/h1,3,7,14-16,28H,2,4-6,8-13H2. The number of anilines is 1. The zero-order valence-corrected chi connectivity index (χ0v) is 16.5. The number of aromatic nitrogens is 4. The number of aryl methyl sites for hydroxylation is 1. The third-order valence-corrected chi connectivity index (χ3v) is 6.09.